The molecule has 0 radical (unpaired) electrons. The van der Waals surface area contributed by atoms with Gasteiger partial charge in [0, 0.05) is 18.4 Å². The first-order valence-corrected chi connectivity index (χ1v) is 8.41. The summed E-state index contributed by atoms with van der Waals surface area (Å²) in [7, 11) is 0. The first-order chi connectivity index (χ1) is 12.1. The standard InChI is InChI=1S/C21H18N2O2/c1-12-9-17(24)20-18(10-12)25-21(23)16(11-22)19(20)15-8-4-6-13-5-2-3-7-14(13)15/h2-8,12,19H,9-10,23H2,1H3. The SMILES string of the molecule is CC1CC(=O)C2=C(C1)OC(N)=C(C#N)C2c1cccc2ccccc12. The number of hydrogen-bond acceptors (Lipinski definition) is 4. The highest BCUT2D eigenvalue weighted by atomic mass is 16.5. The maximum atomic E-state index is 12.8. The highest BCUT2D eigenvalue weighted by molar-refractivity contribution is 6.01. The van der Waals surface area contributed by atoms with Crippen LogP contribution in [0.4, 0.5) is 0 Å². The number of fused-ring (bicyclic) bond motifs is 1. The fraction of sp³-hybridized carbons (Fsp3) is 0.238. The molecule has 124 valence electrons. The molecule has 0 aromatic heterocycles. The van der Waals surface area contributed by atoms with Crippen LogP contribution in [0.3, 0.4) is 0 Å². The van der Waals surface area contributed by atoms with Crippen molar-refractivity contribution in [2.24, 2.45) is 11.7 Å². The van der Waals surface area contributed by atoms with Crippen LogP contribution in [0.25, 0.3) is 10.8 Å². The molecule has 0 saturated heterocycles. The van der Waals surface area contributed by atoms with Gasteiger partial charge in [-0.2, -0.15) is 5.26 Å². The van der Waals surface area contributed by atoms with Gasteiger partial charge in [-0.1, -0.05) is 49.4 Å². The molecule has 2 aromatic rings. The van der Waals surface area contributed by atoms with E-state index >= 15 is 0 Å². The molecule has 0 bridgehead atoms. The number of Topliss-reactive ketones (excluding diaryl/α,β-unsaturated/α-hetero) is 1. The van der Waals surface area contributed by atoms with Gasteiger partial charge in [0.1, 0.15) is 17.4 Å². The fourth-order valence-corrected chi connectivity index (χ4v) is 3.91. The van der Waals surface area contributed by atoms with Crippen LogP contribution in [0.5, 0.6) is 0 Å². The van der Waals surface area contributed by atoms with E-state index in [0.29, 0.717) is 29.7 Å². The molecule has 25 heavy (non-hydrogen) atoms. The van der Waals surface area contributed by atoms with Gasteiger partial charge in [0.15, 0.2) is 5.78 Å². The van der Waals surface area contributed by atoms with E-state index in [1.807, 2.05) is 49.4 Å². The smallest absolute Gasteiger partial charge is 0.205 e. The Morgan fingerprint density at radius 1 is 1.16 bits per heavy atom. The summed E-state index contributed by atoms with van der Waals surface area (Å²) in [6.07, 6.45) is 1.14. The molecule has 0 fully saturated rings. The van der Waals surface area contributed by atoms with Gasteiger partial charge in [-0.15, -0.1) is 0 Å². The molecule has 0 saturated carbocycles. The molecule has 2 N–H and O–H groups in total. The molecule has 2 aliphatic rings. The van der Waals surface area contributed by atoms with E-state index in [9.17, 15) is 10.1 Å². The maximum absolute atomic E-state index is 12.8. The number of hydrogen-bond donors (Lipinski definition) is 1. The fourth-order valence-electron chi connectivity index (χ4n) is 3.91. The molecule has 1 aliphatic carbocycles. The summed E-state index contributed by atoms with van der Waals surface area (Å²) in [6, 6.07) is 16.1. The van der Waals surface area contributed by atoms with Crippen LogP contribution < -0.4 is 5.73 Å². The molecule has 4 rings (SSSR count). The summed E-state index contributed by atoms with van der Waals surface area (Å²) < 4.78 is 5.69. The lowest BCUT2D eigenvalue weighted by Crippen LogP contribution is -2.29. The second kappa shape index (κ2) is 5.78. The van der Waals surface area contributed by atoms with Gasteiger partial charge in [0.05, 0.1) is 5.92 Å². The van der Waals surface area contributed by atoms with Crippen LogP contribution in [0.2, 0.25) is 0 Å². The number of nitrogens with zero attached hydrogens (tertiary/aromatic N) is 1. The maximum Gasteiger partial charge on any atom is 0.205 e. The Morgan fingerprint density at radius 3 is 2.72 bits per heavy atom. The Morgan fingerprint density at radius 2 is 1.92 bits per heavy atom. The number of ketones is 1. The first kappa shape index (κ1) is 15.5. The van der Waals surface area contributed by atoms with E-state index in [1.165, 1.54) is 0 Å². The Labute approximate surface area is 146 Å². The molecule has 1 heterocycles. The summed E-state index contributed by atoms with van der Waals surface area (Å²) >= 11 is 0. The van der Waals surface area contributed by atoms with E-state index in [0.717, 1.165) is 16.3 Å². The van der Waals surface area contributed by atoms with E-state index in [4.69, 9.17) is 10.5 Å². The summed E-state index contributed by atoms with van der Waals surface area (Å²) in [5.41, 5.74) is 7.89. The van der Waals surface area contributed by atoms with Gasteiger partial charge in [-0.3, -0.25) is 4.79 Å². The monoisotopic (exact) mass is 330 g/mol. The summed E-state index contributed by atoms with van der Waals surface area (Å²) in [6.45, 7) is 2.03. The molecule has 4 heteroatoms. The van der Waals surface area contributed by atoms with Crippen molar-refractivity contribution < 1.29 is 9.53 Å². The average molecular weight is 330 g/mol. The number of nitrogens with two attached hydrogens (primary N) is 1. The van der Waals surface area contributed by atoms with Gasteiger partial charge in [0.25, 0.3) is 0 Å². The van der Waals surface area contributed by atoms with Crippen LogP contribution in [0, 0.1) is 17.2 Å². The minimum Gasteiger partial charge on any atom is -0.444 e. The van der Waals surface area contributed by atoms with Gasteiger partial charge >= 0.3 is 0 Å². The zero-order valence-electron chi connectivity index (χ0n) is 14.0. The van der Waals surface area contributed by atoms with Crippen LogP contribution in [-0.2, 0) is 9.53 Å². The molecule has 0 amide bonds. The second-order valence-electron chi connectivity index (χ2n) is 6.77. The highest BCUT2D eigenvalue weighted by Crippen LogP contribution is 2.45. The number of carbonyl (C=O) groups is 1. The van der Waals surface area contributed by atoms with Crippen LogP contribution in [-0.4, -0.2) is 5.78 Å². The number of rotatable bonds is 1. The average Bonchev–Trinajstić information content (AvgIpc) is 2.60. The molecule has 2 atom stereocenters. The normalized spacial score (nSPS) is 23.3. The molecule has 0 spiro atoms. The van der Waals surface area contributed by atoms with Gasteiger partial charge in [0.2, 0.25) is 5.88 Å². The first-order valence-electron chi connectivity index (χ1n) is 8.41. The van der Waals surface area contributed by atoms with Crippen LogP contribution >= 0.6 is 0 Å². The van der Waals surface area contributed by atoms with E-state index in [-0.39, 0.29) is 17.6 Å². The number of ether oxygens (including phenoxy) is 1. The van der Waals surface area contributed by atoms with E-state index < -0.39 is 5.92 Å². The summed E-state index contributed by atoms with van der Waals surface area (Å²) in [5.74, 6) is 0.543. The van der Waals surface area contributed by atoms with Crippen molar-refractivity contribution in [3.05, 3.63) is 70.8 Å². The van der Waals surface area contributed by atoms with E-state index in [2.05, 4.69) is 6.07 Å². The second-order valence-corrected chi connectivity index (χ2v) is 6.77. The zero-order valence-corrected chi connectivity index (χ0v) is 14.0. The van der Waals surface area contributed by atoms with Crippen molar-refractivity contribution in [1.29, 1.82) is 5.26 Å². The van der Waals surface area contributed by atoms with Gasteiger partial charge < -0.3 is 10.5 Å². The minimum atomic E-state index is -0.458. The predicted octanol–water partition coefficient (Wildman–Crippen LogP) is 3.90. The summed E-state index contributed by atoms with van der Waals surface area (Å²) in [5, 5.41) is 11.8. The lowest BCUT2D eigenvalue weighted by atomic mass is 9.74. The Balaban J connectivity index is 2.00. The Hall–Kier alpha value is -3.06. The summed E-state index contributed by atoms with van der Waals surface area (Å²) in [4.78, 5) is 12.8. The largest absolute Gasteiger partial charge is 0.444 e. The third-order valence-electron chi connectivity index (χ3n) is 5.00. The number of allylic oxidation sites excluding steroid dienone is 3. The molecule has 1 aliphatic heterocycles. The third-order valence-corrected chi connectivity index (χ3v) is 5.00. The molecular weight excluding hydrogens is 312 g/mol. The number of nitriles is 1. The molecule has 4 nitrogen and oxygen atoms in total. The van der Waals surface area contributed by atoms with Crippen molar-refractivity contribution in [1.82, 2.24) is 0 Å². The van der Waals surface area contributed by atoms with Crippen molar-refractivity contribution >= 4 is 16.6 Å². The topological polar surface area (TPSA) is 76.1 Å². The van der Waals surface area contributed by atoms with Gasteiger partial charge in [-0.25, -0.2) is 0 Å². The zero-order chi connectivity index (χ0) is 17.6. The van der Waals surface area contributed by atoms with Gasteiger partial charge in [-0.05, 0) is 22.3 Å². The quantitative estimate of drug-likeness (QED) is 0.860. The van der Waals surface area contributed by atoms with Crippen molar-refractivity contribution in [3.63, 3.8) is 0 Å². The highest BCUT2D eigenvalue weighted by Gasteiger charge is 2.40. The van der Waals surface area contributed by atoms with Crippen molar-refractivity contribution in [2.45, 2.75) is 25.7 Å². The molecule has 2 unspecified atom stereocenters. The lowest BCUT2D eigenvalue weighted by molar-refractivity contribution is -0.117. The lowest BCUT2D eigenvalue weighted by Gasteiger charge is -2.33. The Kier molecular flexibility index (Phi) is 3.58. The number of benzene rings is 2. The van der Waals surface area contributed by atoms with Crippen molar-refractivity contribution in [3.8, 4) is 6.07 Å². The predicted molar refractivity (Wildman–Crippen MR) is 95.0 cm³/mol. The van der Waals surface area contributed by atoms with Crippen LogP contribution in [0.1, 0.15) is 31.2 Å². The molecular formula is C21H18N2O2. The molecule has 2 aromatic carbocycles. The Bertz CT molecular complexity index is 989. The number of carbonyl (C=O) groups excluding carboxylic acids is 1. The third kappa shape index (κ3) is 2.40. The minimum absolute atomic E-state index is 0.0481. The van der Waals surface area contributed by atoms with E-state index in [1.54, 1.807) is 0 Å². The van der Waals surface area contributed by atoms with Crippen LogP contribution in [0.15, 0.2) is 65.3 Å². The van der Waals surface area contributed by atoms with Crippen molar-refractivity contribution in [2.75, 3.05) is 0 Å².